The summed E-state index contributed by atoms with van der Waals surface area (Å²) in [7, 11) is 1.66. The summed E-state index contributed by atoms with van der Waals surface area (Å²) >= 11 is 0. The van der Waals surface area contributed by atoms with Crippen LogP contribution in [-0.2, 0) is 149 Å². The Morgan fingerprint density at radius 2 is 0.786 bits per heavy atom. The van der Waals surface area contributed by atoms with Crippen molar-refractivity contribution in [3.8, 4) is 34.2 Å². The summed E-state index contributed by atoms with van der Waals surface area (Å²) in [6.45, 7) is 24.7. The van der Waals surface area contributed by atoms with Gasteiger partial charge in [-0.1, -0.05) is 83.1 Å². The molecule has 0 atom stereocenters. The Bertz CT molecular complexity index is 3280. The first kappa shape index (κ1) is 77.1. The van der Waals surface area contributed by atoms with E-state index in [-0.39, 0.29) is 117 Å². The Morgan fingerprint density at radius 3 is 1.10 bits per heavy atom. The fraction of sp³-hybridized carbons (Fsp3) is 0.318. The molecule has 0 bridgehead atoms. The van der Waals surface area contributed by atoms with Crippen molar-refractivity contribution >= 4 is 0 Å². The van der Waals surface area contributed by atoms with Gasteiger partial charge in [0.2, 0.25) is 0 Å². The summed E-state index contributed by atoms with van der Waals surface area (Å²) in [5, 5.41) is 21.7. The average Bonchev–Trinajstić information content (AvgIpc) is 4.52. The molecule has 0 amide bonds. The van der Waals surface area contributed by atoms with Crippen LogP contribution in [0.2, 0.25) is 0 Å². The van der Waals surface area contributed by atoms with Crippen molar-refractivity contribution in [2.24, 2.45) is 0 Å². The number of halogens is 2. The van der Waals surface area contributed by atoms with Crippen molar-refractivity contribution in [3.05, 3.63) is 234 Å². The Morgan fingerprint density at radius 1 is 0.405 bits per heavy atom. The summed E-state index contributed by atoms with van der Waals surface area (Å²) in [6.07, 6.45) is 12.3. The van der Waals surface area contributed by atoms with Crippen LogP contribution in [0.25, 0.3) is 28.4 Å². The minimum atomic E-state index is -0.535. The van der Waals surface area contributed by atoms with E-state index in [0.717, 1.165) is 76.1 Å². The smallest absolute Gasteiger partial charge is 0.160 e. The maximum absolute atomic E-state index is 13.0. The van der Waals surface area contributed by atoms with Crippen molar-refractivity contribution < 1.29 is 114 Å². The summed E-state index contributed by atoms with van der Waals surface area (Å²) in [4.78, 5) is 0. The Hall–Kier alpha value is -4.94. The molecule has 0 N–H and O–H groups in total. The summed E-state index contributed by atoms with van der Waals surface area (Å²) in [5.74, 6) is 0.828. The molecule has 0 spiro atoms. The van der Waals surface area contributed by atoms with E-state index in [1.807, 2.05) is 113 Å². The fourth-order valence-corrected chi connectivity index (χ4v) is 7.81. The molecule has 5 radical (unpaired) electrons. The maximum atomic E-state index is 13.0. The van der Waals surface area contributed by atoms with Gasteiger partial charge in [-0.2, -0.15) is 146 Å². The molecule has 10 rings (SSSR count). The number of para-hydroxylation sites is 3. The van der Waals surface area contributed by atoms with Crippen molar-refractivity contribution in [1.82, 2.24) is 48.9 Å². The second-order valence-electron chi connectivity index (χ2n) is 21.5. The standard InChI is InChI=1S/2C15H19N2.C14H16FN2.C12H13N2O.C10H8FN2.5Ir/c2*1-5-13-9-10-17(16-13)14-8-6-7-12(11-14)15(2,3)4;1-14(2,3)12-10-17(16-13(12)9-15)11-7-5-4-6-8-11;1-3-11-12(15-2)9-14(13-11)10-7-5-4-6-8-10;11-8-9-6-7-13(12-9)10-4-2-1-3-5-10;;;;;/h2*6-7,9-11H,5H2,1-4H3;4-7,10H,9H2,1-3H3;4-7,9H,3H2,1-2H3;1-4,6-7H,8H2;;;;;/q5*-1;;;;;. The molecule has 0 unspecified atom stereocenters. The number of methoxy groups -OCH3 is 1. The zero-order chi connectivity index (χ0) is 57.2. The van der Waals surface area contributed by atoms with Gasteiger partial charge in [0.15, 0.2) is 5.75 Å². The predicted octanol–water partition coefficient (Wildman–Crippen LogP) is 14.9. The molecular formula is C66H75F2Ir5N10O-5. The summed E-state index contributed by atoms with van der Waals surface area (Å²) in [5.41, 5.74) is 12.5. The zero-order valence-electron chi connectivity index (χ0n) is 49.8. The number of rotatable bonds is 11. The van der Waals surface area contributed by atoms with Gasteiger partial charge < -0.3 is 4.74 Å². The molecule has 5 heterocycles. The maximum Gasteiger partial charge on any atom is 0.160 e. The molecule has 0 fully saturated rings. The van der Waals surface area contributed by atoms with Gasteiger partial charge in [-0.25, -0.2) is 8.78 Å². The number of hydrogen-bond acceptors (Lipinski definition) is 6. The van der Waals surface area contributed by atoms with E-state index >= 15 is 0 Å². The molecule has 0 saturated carbocycles. The normalized spacial score (nSPS) is 10.6. The van der Waals surface area contributed by atoms with Crippen LogP contribution in [0, 0.1) is 30.3 Å². The number of nitrogens with zero attached hydrogens (tertiary/aromatic N) is 10. The van der Waals surface area contributed by atoms with Crippen LogP contribution >= 0.6 is 0 Å². The van der Waals surface area contributed by atoms with E-state index in [1.165, 1.54) is 11.1 Å². The number of aromatic nitrogens is 10. The van der Waals surface area contributed by atoms with Crippen molar-refractivity contribution in [1.29, 1.82) is 0 Å². The summed E-state index contributed by atoms with van der Waals surface area (Å²) in [6, 6.07) is 56.6. The number of aryl methyl sites for hydroxylation is 3. The van der Waals surface area contributed by atoms with Gasteiger partial charge in [-0.05, 0) is 82.1 Å². The summed E-state index contributed by atoms with van der Waals surface area (Å²) < 4.78 is 39.2. The van der Waals surface area contributed by atoms with Gasteiger partial charge in [0, 0.05) is 131 Å². The van der Waals surface area contributed by atoms with Gasteiger partial charge >= 0.3 is 0 Å². The number of hydrogen-bond donors (Lipinski definition) is 0. The van der Waals surface area contributed by atoms with Crippen molar-refractivity contribution in [2.75, 3.05) is 7.11 Å². The number of benzene rings is 5. The fourth-order valence-electron chi connectivity index (χ4n) is 7.81. The molecule has 0 aliphatic carbocycles. The van der Waals surface area contributed by atoms with Gasteiger partial charge in [0.05, 0.1) is 36.1 Å². The third-order valence-corrected chi connectivity index (χ3v) is 12.4. The van der Waals surface area contributed by atoms with E-state index in [9.17, 15) is 8.78 Å². The molecule has 0 saturated heterocycles. The van der Waals surface area contributed by atoms with Gasteiger partial charge in [0.1, 0.15) is 19.0 Å². The molecule has 10 aromatic rings. The Balaban J connectivity index is 0.000000519. The van der Waals surface area contributed by atoms with Crippen LogP contribution < -0.4 is 4.74 Å². The topological polar surface area (TPSA) is 98.3 Å². The minimum absolute atomic E-state index is 0. The second-order valence-corrected chi connectivity index (χ2v) is 21.5. The van der Waals surface area contributed by atoms with Gasteiger partial charge in [0.25, 0.3) is 0 Å². The SMILES string of the molecule is CC(C)(C)c1cn(-c2[c-]cccc2)nc1CF.CCc1ccn(-c2[c-]ccc(C(C)(C)C)c2)n1.CCc1ccn(-c2[c-]ccc(C(C)(C)C)c2)n1.CCc1nn(-c2[c-]cccc2)cc1OC.FCc1ccn(-c2[c-]cccc2)n1.[Ir].[Ir].[Ir].[Ir].[Ir]. The first-order chi connectivity index (χ1) is 37.8. The molecule has 11 nitrogen and oxygen atoms in total. The van der Waals surface area contributed by atoms with Crippen LogP contribution in [-0.4, -0.2) is 56.0 Å². The first-order valence-corrected chi connectivity index (χ1v) is 26.7. The molecule has 5 aromatic heterocycles. The second kappa shape index (κ2) is 36.9. The Kier molecular flexibility index (Phi) is 33.9. The van der Waals surface area contributed by atoms with Crippen molar-refractivity contribution in [3.63, 3.8) is 0 Å². The van der Waals surface area contributed by atoms with Crippen LogP contribution in [0.1, 0.15) is 128 Å². The van der Waals surface area contributed by atoms with Crippen LogP contribution in [0.5, 0.6) is 5.75 Å². The van der Waals surface area contributed by atoms with Crippen molar-refractivity contribution in [2.45, 2.75) is 132 Å². The number of ether oxygens (including phenoxy) is 1. The molecule has 459 valence electrons. The van der Waals surface area contributed by atoms with E-state index in [2.05, 4.69) is 175 Å². The van der Waals surface area contributed by atoms with Gasteiger partial charge in [-0.15, -0.1) is 30.3 Å². The zero-order valence-corrected chi connectivity index (χ0v) is 61.8. The van der Waals surface area contributed by atoms with E-state index in [1.54, 1.807) is 39.5 Å². The predicted molar refractivity (Wildman–Crippen MR) is 312 cm³/mol. The third kappa shape index (κ3) is 22.7. The first-order valence-electron chi connectivity index (χ1n) is 26.7. The molecule has 0 aliphatic rings. The van der Waals surface area contributed by atoms with E-state index in [0.29, 0.717) is 11.4 Å². The molecule has 5 aromatic carbocycles. The van der Waals surface area contributed by atoms with Gasteiger partial charge in [-0.3, -0.25) is 23.4 Å². The largest absolute Gasteiger partial charge is 0.493 e. The molecule has 18 heteroatoms. The van der Waals surface area contributed by atoms with Crippen LogP contribution in [0.3, 0.4) is 0 Å². The van der Waals surface area contributed by atoms with E-state index in [4.69, 9.17) is 4.74 Å². The molecular weight excluding hydrogens is 1950 g/mol. The quantitative estimate of drug-likeness (QED) is 0.120. The third-order valence-electron chi connectivity index (χ3n) is 12.4. The van der Waals surface area contributed by atoms with Crippen LogP contribution in [0.4, 0.5) is 8.78 Å². The Labute approximate surface area is 565 Å². The van der Waals surface area contributed by atoms with E-state index < -0.39 is 13.3 Å². The molecule has 0 aliphatic heterocycles. The van der Waals surface area contributed by atoms with Crippen LogP contribution in [0.15, 0.2) is 158 Å². The number of alkyl halides is 2. The average molecular weight is 2020 g/mol. The monoisotopic (exact) mass is 2030 g/mol. The molecule has 84 heavy (non-hydrogen) atoms. The minimum Gasteiger partial charge on any atom is -0.493 e.